The van der Waals surface area contributed by atoms with Crippen LogP contribution in [-0.4, -0.2) is 19.2 Å². The zero-order chi connectivity index (χ0) is 12.8. The molecule has 0 aliphatic heterocycles. The largest absolute Gasteiger partial charge is 0.494 e. The van der Waals surface area contributed by atoms with Crippen molar-refractivity contribution in [3.63, 3.8) is 0 Å². The summed E-state index contributed by atoms with van der Waals surface area (Å²) in [6.45, 7) is 4.08. The topological polar surface area (TPSA) is 21.3 Å². The lowest BCUT2D eigenvalue weighted by atomic mass is 10.1. The molecule has 1 aliphatic carbocycles. The SMILES string of the molecule is CCNC(CCCOc1ccc(Br)cc1)C1CC1. The summed E-state index contributed by atoms with van der Waals surface area (Å²) in [6, 6.07) is 8.75. The molecule has 1 aromatic rings. The number of hydrogen-bond donors (Lipinski definition) is 1. The van der Waals surface area contributed by atoms with E-state index in [1.807, 2.05) is 24.3 Å². The van der Waals surface area contributed by atoms with E-state index in [0.717, 1.165) is 35.7 Å². The molecule has 2 nitrogen and oxygen atoms in total. The van der Waals surface area contributed by atoms with Gasteiger partial charge in [-0.05, 0) is 62.4 Å². The van der Waals surface area contributed by atoms with Gasteiger partial charge in [0.25, 0.3) is 0 Å². The monoisotopic (exact) mass is 311 g/mol. The van der Waals surface area contributed by atoms with Gasteiger partial charge in [-0.25, -0.2) is 0 Å². The van der Waals surface area contributed by atoms with E-state index < -0.39 is 0 Å². The molecule has 1 unspecified atom stereocenters. The molecular weight excluding hydrogens is 290 g/mol. The fourth-order valence-corrected chi connectivity index (χ4v) is 2.55. The van der Waals surface area contributed by atoms with E-state index in [0.29, 0.717) is 6.04 Å². The molecule has 1 atom stereocenters. The van der Waals surface area contributed by atoms with Crippen molar-refractivity contribution in [1.29, 1.82) is 0 Å². The van der Waals surface area contributed by atoms with Crippen molar-refractivity contribution < 1.29 is 4.74 Å². The highest BCUT2D eigenvalue weighted by molar-refractivity contribution is 9.10. The van der Waals surface area contributed by atoms with Crippen molar-refractivity contribution >= 4 is 15.9 Å². The molecule has 18 heavy (non-hydrogen) atoms. The first-order chi connectivity index (χ1) is 8.79. The Balaban J connectivity index is 1.64. The second kappa shape index (κ2) is 7.15. The summed E-state index contributed by atoms with van der Waals surface area (Å²) in [5.74, 6) is 1.89. The number of benzene rings is 1. The standard InChI is InChI=1S/C15H22BrNO/c1-2-17-15(12-5-6-12)4-3-11-18-14-9-7-13(16)8-10-14/h7-10,12,15,17H,2-6,11H2,1H3. The zero-order valence-corrected chi connectivity index (χ0v) is 12.6. The highest BCUT2D eigenvalue weighted by Crippen LogP contribution is 2.34. The van der Waals surface area contributed by atoms with E-state index in [-0.39, 0.29) is 0 Å². The Kier molecular flexibility index (Phi) is 5.51. The van der Waals surface area contributed by atoms with E-state index >= 15 is 0 Å². The predicted molar refractivity (Wildman–Crippen MR) is 79.1 cm³/mol. The van der Waals surface area contributed by atoms with Gasteiger partial charge in [0.05, 0.1) is 6.61 Å². The molecule has 0 bridgehead atoms. The van der Waals surface area contributed by atoms with Gasteiger partial charge < -0.3 is 10.1 Å². The summed E-state index contributed by atoms with van der Waals surface area (Å²) >= 11 is 3.42. The molecule has 1 saturated carbocycles. The van der Waals surface area contributed by atoms with E-state index in [1.54, 1.807) is 0 Å². The summed E-state index contributed by atoms with van der Waals surface area (Å²) in [5.41, 5.74) is 0. The van der Waals surface area contributed by atoms with E-state index in [1.165, 1.54) is 19.3 Å². The normalized spacial score (nSPS) is 16.6. The van der Waals surface area contributed by atoms with Crippen LogP contribution < -0.4 is 10.1 Å². The average Bonchev–Trinajstić information content (AvgIpc) is 3.19. The maximum absolute atomic E-state index is 5.74. The highest BCUT2D eigenvalue weighted by Gasteiger charge is 2.29. The number of ether oxygens (including phenoxy) is 1. The Bertz CT molecular complexity index is 348. The Labute approximate surface area is 118 Å². The molecule has 0 saturated heterocycles. The van der Waals surface area contributed by atoms with Crippen molar-refractivity contribution in [3.8, 4) is 5.75 Å². The van der Waals surface area contributed by atoms with Crippen molar-refractivity contribution in [2.75, 3.05) is 13.2 Å². The van der Waals surface area contributed by atoms with Gasteiger partial charge in [0, 0.05) is 10.5 Å². The second-order valence-electron chi connectivity index (χ2n) is 4.95. The first kappa shape index (κ1) is 13.9. The lowest BCUT2D eigenvalue weighted by molar-refractivity contribution is 0.291. The van der Waals surface area contributed by atoms with Gasteiger partial charge in [-0.3, -0.25) is 0 Å². The van der Waals surface area contributed by atoms with E-state index in [9.17, 15) is 0 Å². The van der Waals surface area contributed by atoms with Crippen molar-refractivity contribution in [2.45, 2.75) is 38.6 Å². The molecule has 1 N–H and O–H groups in total. The molecule has 2 rings (SSSR count). The Morgan fingerprint density at radius 1 is 1.33 bits per heavy atom. The van der Waals surface area contributed by atoms with E-state index in [4.69, 9.17) is 4.74 Å². The van der Waals surface area contributed by atoms with Gasteiger partial charge in [0.2, 0.25) is 0 Å². The van der Waals surface area contributed by atoms with Crippen molar-refractivity contribution in [2.24, 2.45) is 5.92 Å². The first-order valence-corrected chi connectivity index (χ1v) is 7.70. The molecular formula is C15H22BrNO. The van der Waals surface area contributed by atoms with Gasteiger partial charge in [0.1, 0.15) is 5.75 Å². The molecule has 0 radical (unpaired) electrons. The summed E-state index contributed by atoms with van der Waals surface area (Å²) < 4.78 is 6.83. The molecule has 1 fully saturated rings. The second-order valence-corrected chi connectivity index (χ2v) is 5.86. The molecule has 3 heteroatoms. The molecule has 100 valence electrons. The minimum atomic E-state index is 0.712. The van der Waals surface area contributed by atoms with Crippen LogP contribution in [0.2, 0.25) is 0 Å². The van der Waals surface area contributed by atoms with Gasteiger partial charge >= 0.3 is 0 Å². The summed E-state index contributed by atoms with van der Waals surface area (Å²) in [6.07, 6.45) is 5.18. The number of rotatable bonds is 8. The third-order valence-corrected chi connectivity index (χ3v) is 3.93. The Hall–Kier alpha value is -0.540. The molecule has 1 aromatic carbocycles. The molecule has 0 aromatic heterocycles. The van der Waals surface area contributed by atoms with Gasteiger partial charge in [-0.15, -0.1) is 0 Å². The quantitative estimate of drug-likeness (QED) is 0.733. The minimum Gasteiger partial charge on any atom is -0.494 e. The highest BCUT2D eigenvalue weighted by atomic mass is 79.9. The van der Waals surface area contributed by atoms with Gasteiger partial charge in [-0.1, -0.05) is 22.9 Å². The van der Waals surface area contributed by atoms with Gasteiger partial charge in [0.15, 0.2) is 0 Å². The third kappa shape index (κ3) is 4.62. The maximum Gasteiger partial charge on any atom is 0.119 e. The zero-order valence-electron chi connectivity index (χ0n) is 11.0. The molecule has 0 spiro atoms. The summed E-state index contributed by atoms with van der Waals surface area (Å²) in [7, 11) is 0. The van der Waals surface area contributed by atoms with Crippen LogP contribution >= 0.6 is 15.9 Å². The predicted octanol–water partition coefficient (Wildman–Crippen LogP) is 4.00. The number of halogens is 1. The van der Waals surface area contributed by atoms with Crippen LogP contribution in [0.4, 0.5) is 0 Å². The van der Waals surface area contributed by atoms with Crippen LogP contribution in [0.25, 0.3) is 0 Å². The van der Waals surface area contributed by atoms with Crippen LogP contribution in [0.15, 0.2) is 28.7 Å². The van der Waals surface area contributed by atoms with Gasteiger partial charge in [-0.2, -0.15) is 0 Å². The number of hydrogen-bond acceptors (Lipinski definition) is 2. The third-order valence-electron chi connectivity index (χ3n) is 3.40. The van der Waals surface area contributed by atoms with Crippen molar-refractivity contribution in [3.05, 3.63) is 28.7 Å². The Morgan fingerprint density at radius 3 is 2.67 bits per heavy atom. The van der Waals surface area contributed by atoms with Crippen LogP contribution in [0, 0.1) is 5.92 Å². The minimum absolute atomic E-state index is 0.712. The lowest BCUT2D eigenvalue weighted by Gasteiger charge is -2.17. The Morgan fingerprint density at radius 2 is 2.06 bits per heavy atom. The van der Waals surface area contributed by atoms with Crippen LogP contribution in [0.5, 0.6) is 5.75 Å². The molecule has 1 aliphatic rings. The van der Waals surface area contributed by atoms with E-state index in [2.05, 4.69) is 28.2 Å². The molecule has 0 heterocycles. The molecule has 0 amide bonds. The lowest BCUT2D eigenvalue weighted by Crippen LogP contribution is -2.31. The fourth-order valence-electron chi connectivity index (χ4n) is 2.29. The van der Waals surface area contributed by atoms with Crippen LogP contribution in [0.3, 0.4) is 0 Å². The first-order valence-electron chi connectivity index (χ1n) is 6.91. The fraction of sp³-hybridized carbons (Fsp3) is 0.600. The maximum atomic E-state index is 5.74. The summed E-state index contributed by atoms with van der Waals surface area (Å²) in [4.78, 5) is 0. The van der Waals surface area contributed by atoms with Crippen LogP contribution in [-0.2, 0) is 0 Å². The average molecular weight is 312 g/mol. The smallest absolute Gasteiger partial charge is 0.119 e. The summed E-state index contributed by atoms with van der Waals surface area (Å²) in [5, 5.41) is 3.59. The number of nitrogens with one attached hydrogen (secondary N) is 1. The van der Waals surface area contributed by atoms with Crippen molar-refractivity contribution in [1.82, 2.24) is 5.32 Å². The van der Waals surface area contributed by atoms with Crippen LogP contribution in [0.1, 0.15) is 32.6 Å².